The van der Waals surface area contributed by atoms with Crippen molar-refractivity contribution in [3.8, 4) is 22.7 Å². The second-order valence-corrected chi connectivity index (χ2v) is 5.60. The number of hydrogen-bond acceptors (Lipinski definition) is 6. The summed E-state index contributed by atoms with van der Waals surface area (Å²) < 4.78 is 1.69. The minimum absolute atomic E-state index is 0.146. The maximum absolute atomic E-state index is 9.21. The van der Waals surface area contributed by atoms with Crippen LogP contribution in [-0.2, 0) is 6.54 Å². The average molecular weight is 306 g/mol. The lowest BCUT2D eigenvalue weighted by atomic mass is 10.2. The van der Waals surface area contributed by atoms with Gasteiger partial charge in [-0.2, -0.15) is 10.5 Å². The summed E-state index contributed by atoms with van der Waals surface area (Å²) in [5.74, 6) is 0.615. The summed E-state index contributed by atoms with van der Waals surface area (Å²) in [7, 11) is 0. The van der Waals surface area contributed by atoms with Gasteiger partial charge < -0.3 is 4.57 Å². The summed E-state index contributed by atoms with van der Waals surface area (Å²) >= 11 is 1.46. The second kappa shape index (κ2) is 5.76. The van der Waals surface area contributed by atoms with Crippen LogP contribution in [0.25, 0.3) is 10.6 Å². The Morgan fingerprint density at radius 2 is 1.91 bits per heavy atom. The van der Waals surface area contributed by atoms with E-state index in [0.29, 0.717) is 12.4 Å². The molecule has 2 heterocycles. The van der Waals surface area contributed by atoms with E-state index in [1.807, 2.05) is 42.5 Å². The zero-order valence-electron chi connectivity index (χ0n) is 11.7. The third-order valence-electron chi connectivity index (χ3n) is 3.15. The lowest BCUT2D eigenvalue weighted by Crippen LogP contribution is -2.04. The van der Waals surface area contributed by atoms with Crippen molar-refractivity contribution in [3.05, 3.63) is 52.6 Å². The Morgan fingerprint density at radius 3 is 2.59 bits per heavy atom. The first kappa shape index (κ1) is 13.9. The van der Waals surface area contributed by atoms with Crippen LogP contribution in [0.15, 0.2) is 30.3 Å². The molecule has 0 bridgehead atoms. The van der Waals surface area contributed by atoms with Gasteiger partial charge >= 0.3 is 0 Å². The highest BCUT2D eigenvalue weighted by Crippen LogP contribution is 2.24. The molecule has 106 valence electrons. The molecule has 0 amide bonds. The van der Waals surface area contributed by atoms with Crippen LogP contribution in [-0.4, -0.2) is 19.7 Å². The Morgan fingerprint density at radius 1 is 1.14 bits per heavy atom. The fourth-order valence-corrected chi connectivity index (χ4v) is 2.93. The number of aromatic nitrogens is 4. The molecule has 1 aromatic carbocycles. The van der Waals surface area contributed by atoms with E-state index in [-0.39, 0.29) is 11.4 Å². The molecule has 0 aliphatic rings. The first-order chi connectivity index (χ1) is 10.7. The Kier molecular flexibility index (Phi) is 3.65. The maximum Gasteiger partial charge on any atom is 0.177 e. The van der Waals surface area contributed by atoms with E-state index < -0.39 is 0 Å². The molecule has 6 nitrogen and oxygen atoms in total. The minimum atomic E-state index is 0.146. The smallest absolute Gasteiger partial charge is 0.177 e. The molecule has 3 aromatic rings. The van der Waals surface area contributed by atoms with E-state index >= 15 is 0 Å². The fourth-order valence-electron chi connectivity index (χ4n) is 2.10. The molecule has 0 fully saturated rings. The van der Waals surface area contributed by atoms with Crippen molar-refractivity contribution >= 4 is 11.3 Å². The third-order valence-corrected chi connectivity index (χ3v) is 4.11. The van der Waals surface area contributed by atoms with E-state index in [2.05, 4.69) is 15.2 Å². The topological polar surface area (TPSA) is 91.2 Å². The van der Waals surface area contributed by atoms with Crippen LogP contribution in [0.1, 0.15) is 22.2 Å². The molecule has 0 N–H and O–H groups in total. The summed E-state index contributed by atoms with van der Waals surface area (Å²) in [6.45, 7) is 2.15. The molecule has 0 saturated carbocycles. The normalized spacial score (nSPS) is 10.1. The quantitative estimate of drug-likeness (QED) is 0.741. The van der Waals surface area contributed by atoms with Gasteiger partial charge in [0.2, 0.25) is 0 Å². The van der Waals surface area contributed by atoms with Crippen molar-refractivity contribution in [1.29, 1.82) is 10.5 Å². The van der Waals surface area contributed by atoms with Crippen molar-refractivity contribution in [1.82, 2.24) is 19.7 Å². The van der Waals surface area contributed by atoms with Crippen LogP contribution in [0.5, 0.6) is 0 Å². The molecular weight excluding hydrogens is 296 g/mol. The highest BCUT2D eigenvalue weighted by molar-refractivity contribution is 7.14. The average Bonchev–Trinajstić information content (AvgIpc) is 3.14. The van der Waals surface area contributed by atoms with E-state index in [0.717, 1.165) is 15.6 Å². The lowest BCUT2D eigenvalue weighted by Gasteiger charge is -2.02. The number of benzene rings is 1. The van der Waals surface area contributed by atoms with Crippen LogP contribution in [0.4, 0.5) is 0 Å². The van der Waals surface area contributed by atoms with Gasteiger partial charge in [-0.1, -0.05) is 41.7 Å². The number of rotatable bonds is 3. The van der Waals surface area contributed by atoms with Crippen molar-refractivity contribution in [2.75, 3.05) is 0 Å². The molecule has 0 aliphatic heterocycles. The number of hydrogen-bond donors (Lipinski definition) is 0. The Balaban J connectivity index is 1.93. The summed E-state index contributed by atoms with van der Waals surface area (Å²) in [5.41, 5.74) is 1.41. The molecule has 3 rings (SSSR count). The lowest BCUT2D eigenvalue weighted by molar-refractivity contribution is 0.737. The standard InChI is InChI=1S/C15H10N6S/c1-10-18-12(7-16)13(8-17)21(10)9-14-19-20-15(22-14)11-5-3-2-4-6-11/h2-6H,9H2,1H3. The molecule has 0 spiro atoms. The third kappa shape index (κ3) is 2.46. The highest BCUT2D eigenvalue weighted by atomic mass is 32.1. The Bertz CT molecular complexity index is 894. The van der Waals surface area contributed by atoms with Crippen LogP contribution in [0, 0.1) is 29.6 Å². The zero-order chi connectivity index (χ0) is 15.5. The zero-order valence-corrected chi connectivity index (χ0v) is 12.5. The first-order valence-electron chi connectivity index (χ1n) is 6.48. The van der Waals surface area contributed by atoms with E-state index in [1.165, 1.54) is 11.3 Å². The molecule has 22 heavy (non-hydrogen) atoms. The van der Waals surface area contributed by atoms with Gasteiger partial charge in [0.05, 0.1) is 6.54 Å². The van der Waals surface area contributed by atoms with Gasteiger partial charge in [0.25, 0.3) is 0 Å². The summed E-state index contributed by atoms with van der Waals surface area (Å²) in [6.07, 6.45) is 0. The van der Waals surface area contributed by atoms with Gasteiger partial charge in [0.15, 0.2) is 11.4 Å². The van der Waals surface area contributed by atoms with Gasteiger partial charge in [-0.3, -0.25) is 0 Å². The Hall–Kier alpha value is -3.03. The molecular formula is C15H10N6S. The first-order valence-corrected chi connectivity index (χ1v) is 7.29. The summed E-state index contributed by atoms with van der Waals surface area (Å²) in [5, 5.41) is 28.2. The largest absolute Gasteiger partial charge is 0.312 e. The van der Waals surface area contributed by atoms with Gasteiger partial charge in [0, 0.05) is 5.56 Å². The summed E-state index contributed by atoms with van der Waals surface area (Å²) in [4.78, 5) is 4.10. The molecule has 0 saturated heterocycles. The predicted octanol–water partition coefficient (Wildman–Crippen LogP) is 2.50. The van der Waals surface area contributed by atoms with E-state index in [4.69, 9.17) is 5.26 Å². The maximum atomic E-state index is 9.21. The predicted molar refractivity (Wildman–Crippen MR) is 80.8 cm³/mol. The van der Waals surface area contributed by atoms with Crippen LogP contribution in [0.2, 0.25) is 0 Å². The van der Waals surface area contributed by atoms with Crippen LogP contribution < -0.4 is 0 Å². The van der Waals surface area contributed by atoms with Crippen molar-refractivity contribution in [2.45, 2.75) is 13.5 Å². The van der Waals surface area contributed by atoms with Crippen LogP contribution >= 0.6 is 11.3 Å². The highest BCUT2D eigenvalue weighted by Gasteiger charge is 2.16. The van der Waals surface area contributed by atoms with Gasteiger partial charge in [-0.05, 0) is 6.92 Å². The monoisotopic (exact) mass is 306 g/mol. The van der Waals surface area contributed by atoms with Gasteiger partial charge in [-0.15, -0.1) is 10.2 Å². The molecule has 0 unspecified atom stereocenters. The Labute approximate surface area is 130 Å². The molecule has 2 aromatic heterocycles. The molecule has 7 heteroatoms. The molecule has 0 aliphatic carbocycles. The molecule has 0 radical (unpaired) electrons. The van der Waals surface area contributed by atoms with E-state index in [1.54, 1.807) is 11.5 Å². The minimum Gasteiger partial charge on any atom is -0.312 e. The second-order valence-electron chi connectivity index (χ2n) is 4.53. The molecule has 0 atom stereocenters. The van der Waals surface area contributed by atoms with Gasteiger partial charge in [0.1, 0.15) is 28.0 Å². The van der Waals surface area contributed by atoms with E-state index in [9.17, 15) is 5.26 Å². The number of aryl methyl sites for hydroxylation is 1. The summed E-state index contributed by atoms with van der Waals surface area (Å²) in [6, 6.07) is 13.8. The fraction of sp³-hybridized carbons (Fsp3) is 0.133. The number of nitriles is 2. The van der Waals surface area contributed by atoms with Crippen molar-refractivity contribution in [3.63, 3.8) is 0 Å². The van der Waals surface area contributed by atoms with Gasteiger partial charge in [-0.25, -0.2) is 4.98 Å². The number of nitrogens with zero attached hydrogens (tertiary/aromatic N) is 6. The van der Waals surface area contributed by atoms with Crippen molar-refractivity contribution < 1.29 is 0 Å². The SMILES string of the molecule is Cc1nc(C#N)c(C#N)n1Cc1nnc(-c2ccccc2)s1. The van der Waals surface area contributed by atoms with Crippen molar-refractivity contribution in [2.24, 2.45) is 0 Å². The van der Waals surface area contributed by atoms with Crippen LogP contribution in [0.3, 0.4) is 0 Å². The number of imidazole rings is 1.